The zero-order valence-corrected chi connectivity index (χ0v) is 15.5. The number of carbonyl (C=O) groups excluding carboxylic acids is 2. The van der Waals surface area contributed by atoms with Gasteiger partial charge in [-0.1, -0.05) is 54.6 Å². The highest BCUT2D eigenvalue weighted by molar-refractivity contribution is 6.00. The molecule has 28 heavy (non-hydrogen) atoms. The molecule has 0 bridgehead atoms. The van der Waals surface area contributed by atoms with Crippen molar-refractivity contribution in [3.8, 4) is 0 Å². The quantitative estimate of drug-likeness (QED) is 0.747. The van der Waals surface area contributed by atoms with Crippen LogP contribution in [-0.4, -0.2) is 18.4 Å². The molecule has 0 aromatic heterocycles. The van der Waals surface area contributed by atoms with Crippen molar-refractivity contribution in [3.63, 3.8) is 0 Å². The van der Waals surface area contributed by atoms with Crippen LogP contribution in [-0.2, 0) is 41.8 Å². The number of allylic oxidation sites excluding steroid dienone is 2. The summed E-state index contributed by atoms with van der Waals surface area (Å²) in [7, 11) is 0. The van der Waals surface area contributed by atoms with Crippen molar-refractivity contribution in [2.45, 2.75) is 24.9 Å². The van der Waals surface area contributed by atoms with Crippen molar-refractivity contribution in [1.82, 2.24) is 0 Å². The highest BCUT2D eigenvalue weighted by Crippen LogP contribution is 2.50. The van der Waals surface area contributed by atoms with E-state index >= 15 is 0 Å². The van der Waals surface area contributed by atoms with Gasteiger partial charge in [-0.25, -0.2) is 0 Å². The summed E-state index contributed by atoms with van der Waals surface area (Å²) in [6, 6.07) is 17.3. The number of fused-ring (bicyclic) bond motifs is 2. The van der Waals surface area contributed by atoms with Gasteiger partial charge in [0.1, 0.15) is 12.2 Å². The van der Waals surface area contributed by atoms with E-state index in [0.29, 0.717) is 0 Å². The predicted molar refractivity (Wildman–Crippen MR) is 102 cm³/mol. The number of ketones is 1. The molecule has 5 nitrogen and oxygen atoms in total. The van der Waals surface area contributed by atoms with Crippen LogP contribution in [0, 0.1) is 0 Å². The molecule has 1 atom stereocenters. The molecule has 1 aliphatic heterocycles. The molecule has 142 valence electrons. The zero-order chi connectivity index (χ0) is 19.6. The van der Waals surface area contributed by atoms with Crippen LogP contribution in [0.25, 0.3) is 0 Å². The maximum atomic E-state index is 11.7. The summed E-state index contributed by atoms with van der Waals surface area (Å²) < 4.78 is 18.0. The summed E-state index contributed by atoms with van der Waals surface area (Å²) in [4.78, 5) is 23.2. The van der Waals surface area contributed by atoms with E-state index in [0.717, 1.165) is 16.7 Å². The number of ether oxygens (including phenoxy) is 3. The van der Waals surface area contributed by atoms with Gasteiger partial charge in [-0.15, -0.1) is 0 Å². The van der Waals surface area contributed by atoms with Gasteiger partial charge in [0.15, 0.2) is 5.78 Å². The molecule has 2 aromatic rings. The molecule has 0 saturated heterocycles. The van der Waals surface area contributed by atoms with Gasteiger partial charge in [-0.3, -0.25) is 9.59 Å². The van der Waals surface area contributed by atoms with Crippen molar-refractivity contribution < 1.29 is 23.8 Å². The summed E-state index contributed by atoms with van der Waals surface area (Å²) in [6.07, 6.45) is 6.40. The number of rotatable bonds is 5. The molecule has 2 aromatic carbocycles. The maximum absolute atomic E-state index is 11.7. The molecule has 4 rings (SSSR count). The molecule has 0 saturated carbocycles. The van der Waals surface area contributed by atoms with Gasteiger partial charge < -0.3 is 14.2 Å². The second-order valence-corrected chi connectivity index (χ2v) is 6.82. The fourth-order valence-electron chi connectivity index (χ4n) is 3.54. The standard InChI is InChI=1S/C23H20O5/c1-17(24)26-16-23(27-15-18-7-3-2-4-8-18)21-10-6-5-9-20(21)22(28-23)13-11-19(25)12-14-22/h2-14H,15-16H2,1H3. The van der Waals surface area contributed by atoms with Crippen molar-refractivity contribution in [2.75, 3.05) is 6.61 Å². The fraction of sp³-hybridized carbons (Fsp3) is 0.217. The summed E-state index contributed by atoms with van der Waals surface area (Å²) in [5.41, 5.74) is 1.66. The van der Waals surface area contributed by atoms with Gasteiger partial charge in [0.25, 0.3) is 0 Å². The van der Waals surface area contributed by atoms with E-state index in [-0.39, 0.29) is 19.0 Å². The fourth-order valence-corrected chi connectivity index (χ4v) is 3.54. The number of hydrogen-bond donors (Lipinski definition) is 0. The zero-order valence-electron chi connectivity index (χ0n) is 15.5. The smallest absolute Gasteiger partial charge is 0.302 e. The maximum Gasteiger partial charge on any atom is 0.302 e. The lowest BCUT2D eigenvalue weighted by Gasteiger charge is -2.33. The molecular formula is C23H20O5. The number of carbonyl (C=O) groups is 2. The average Bonchev–Trinajstić information content (AvgIpc) is 2.99. The normalized spacial score (nSPS) is 21.7. The summed E-state index contributed by atoms with van der Waals surface area (Å²) in [5, 5.41) is 0. The molecule has 1 heterocycles. The Morgan fingerprint density at radius 1 is 0.964 bits per heavy atom. The average molecular weight is 376 g/mol. The first kappa shape index (κ1) is 18.3. The van der Waals surface area contributed by atoms with Crippen LogP contribution in [0.15, 0.2) is 78.9 Å². The molecular weight excluding hydrogens is 356 g/mol. The molecule has 0 amide bonds. The summed E-state index contributed by atoms with van der Waals surface area (Å²) >= 11 is 0. The lowest BCUT2D eigenvalue weighted by atomic mass is 9.87. The third-order valence-electron chi connectivity index (χ3n) is 4.86. The van der Waals surface area contributed by atoms with E-state index in [9.17, 15) is 9.59 Å². The lowest BCUT2D eigenvalue weighted by Crippen LogP contribution is -2.38. The van der Waals surface area contributed by atoms with Gasteiger partial charge in [-0.2, -0.15) is 0 Å². The van der Waals surface area contributed by atoms with Crippen LogP contribution < -0.4 is 0 Å². The van der Waals surface area contributed by atoms with Gasteiger partial charge in [0.2, 0.25) is 5.79 Å². The topological polar surface area (TPSA) is 61.8 Å². The third kappa shape index (κ3) is 3.30. The molecule has 2 aliphatic rings. The van der Waals surface area contributed by atoms with Crippen LogP contribution >= 0.6 is 0 Å². The Balaban J connectivity index is 1.74. The van der Waals surface area contributed by atoms with E-state index in [1.165, 1.54) is 19.1 Å². The number of hydrogen-bond acceptors (Lipinski definition) is 5. The third-order valence-corrected chi connectivity index (χ3v) is 4.86. The Hall–Kier alpha value is -3.02. The Labute approximate surface area is 163 Å². The van der Waals surface area contributed by atoms with Crippen LogP contribution in [0.4, 0.5) is 0 Å². The number of benzene rings is 2. The molecule has 0 N–H and O–H groups in total. The molecule has 1 spiro atoms. The van der Waals surface area contributed by atoms with Crippen molar-refractivity contribution in [3.05, 3.63) is 95.6 Å². The Morgan fingerprint density at radius 3 is 2.29 bits per heavy atom. The minimum Gasteiger partial charge on any atom is -0.460 e. The minimum absolute atomic E-state index is 0.0937. The molecule has 1 aliphatic carbocycles. The van der Waals surface area contributed by atoms with Crippen LogP contribution in [0.5, 0.6) is 0 Å². The van der Waals surface area contributed by atoms with E-state index in [1.54, 1.807) is 12.2 Å². The SMILES string of the molecule is CC(=O)OCC1(OCc2ccccc2)OC2(C=CC(=O)C=C2)c2ccccc21. The second kappa shape index (κ2) is 7.19. The van der Waals surface area contributed by atoms with Crippen molar-refractivity contribution >= 4 is 11.8 Å². The van der Waals surface area contributed by atoms with E-state index in [2.05, 4.69) is 0 Å². The van der Waals surface area contributed by atoms with Crippen LogP contribution in [0.3, 0.4) is 0 Å². The summed E-state index contributed by atoms with van der Waals surface area (Å²) in [5.74, 6) is -1.81. The van der Waals surface area contributed by atoms with Crippen molar-refractivity contribution in [2.24, 2.45) is 0 Å². The van der Waals surface area contributed by atoms with E-state index in [4.69, 9.17) is 14.2 Å². The Bertz CT molecular complexity index is 944. The van der Waals surface area contributed by atoms with E-state index < -0.39 is 17.4 Å². The monoisotopic (exact) mass is 376 g/mol. The molecule has 1 unspecified atom stereocenters. The van der Waals surface area contributed by atoms with E-state index in [1.807, 2.05) is 54.6 Å². The highest BCUT2D eigenvalue weighted by Gasteiger charge is 2.53. The predicted octanol–water partition coefficient (Wildman–Crippen LogP) is 3.54. The van der Waals surface area contributed by atoms with Crippen molar-refractivity contribution in [1.29, 1.82) is 0 Å². The van der Waals surface area contributed by atoms with Crippen LogP contribution in [0.2, 0.25) is 0 Å². The van der Waals surface area contributed by atoms with Gasteiger partial charge in [0.05, 0.1) is 6.61 Å². The van der Waals surface area contributed by atoms with Gasteiger partial charge in [0, 0.05) is 18.1 Å². The van der Waals surface area contributed by atoms with Gasteiger partial charge in [-0.05, 0) is 29.9 Å². The molecule has 0 radical (unpaired) electrons. The lowest BCUT2D eigenvalue weighted by molar-refractivity contribution is -0.288. The minimum atomic E-state index is -1.28. The summed E-state index contributed by atoms with van der Waals surface area (Å²) in [6.45, 7) is 1.53. The molecule has 5 heteroatoms. The first-order valence-electron chi connectivity index (χ1n) is 9.07. The van der Waals surface area contributed by atoms with Crippen LogP contribution in [0.1, 0.15) is 23.6 Å². The Kier molecular flexibility index (Phi) is 4.71. The largest absolute Gasteiger partial charge is 0.460 e. The first-order valence-corrected chi connectivity index (χ1v) is 9.07. The second-order valence-electron chi connectivity index (χ2n) is 6.82. The molecule has 0 fully saturated rings. The first-order chi connectivity index (χ1) is 13.5. The Morgan fingerprint density at radius 2 is 1.61 bits per heavy atom. The number of esters is 1. The van der Waals surface area contributed by atoms with Gasteiger partial charge >= 0.3 is 5.97 Å². The highest BCUT2D eigenvalue weighted by atomic mass is 16.7.